The van der Waals surface area contributed by atoms with Crippen LogP contribution in [0.4, 0.5) is 0 Å². The summed E-state index contributed by atoms with van der Waals surface area (Å²) in [5.74, 6) is 0.997. The number of carbonyl (C=O) groups is 1. The third-order valence-corrected chi connectivity index (χ3v) is 4.95. The molecular weight excluding hydrogens is 248 g/mol. The fourth-order valence-corrected chi connectivity index (χ4v) is 3.84. The van der Waals surface area contributed by atoms with Gasteiger partial charge in [-0.25, -0.2) is 0 Å². The van der Waals surface area contributed by atoms with Gasteiger partial charge in [0.2, 0.25) is 5.91 Å². The number of hydrogen-bond donors (Lipinski definition) is 1. The summed E-state index contributed by atoms with van der Waals surface area (Å²) in [7, 11) is 0. The summed E-state index contributed by atoms with van der Waals surface area (Å²) in [5.41, 5.74) is 7.24. The molecule has 2 N–H and O–H groups in total. The van der Waals surface area contributed by atoms with Crippen molar-refractivity contribution in [3.63, 3.8) is 0 Å². The minimum atomic E-state index is -0.175. The number of fused-ring (bicyclic) bond motifs is 1. The summed E-state index contributed by atoms with van der Waals surface area (Å²) >= 11 is 0. The molecule has 0 aromatic heterocycles. The van der Waals surface area contributed by atoms with E-state index in [0.29, 0.717) is 12.5 Å². The molecule has 3 unspecified atom stereocenters. The Labute approximate surface area is 121 Å². The van der Waals surface area contributed by atoms with Crippen molar-refractivity contribution < 1.29 is 4.79 Å². The number of nitrogens with two attached hydrogens (primary N) is 1. The van der Waals surface area contributed by atoms with Gasteiger partial charge in [0.15, 0.2) is 0 Å². The van der Waals surface area contributed by atoms with Crippen molar-refractivity contribution in [1.82, 2.24) is 4.90 Å². The molecular formula is C17H24N2O. The molecule has 1 aliphatic carbocycles. The third kappa shape index (κ3) is 2.73. The first kappa shape index (κ1) is 13.6. The van der Waals surface area contributed by atoms with E-state index in [1.165, 1.54) is 32.1 Å². The molecule has 1 aliphatic heterocycles. The smallest absolute Gasteiger partial charge is 0.224 e. The van der Waals surface area contributed by atoms with Gasteiger partial charge in [0.25, 0.3) is 0 Å². The van der Waals surface area contributed by atoms with E-state index in [2.05, 4.69) is 4.90 Å². The number of carbonyl (C=O) groups excluding carboxylic acids is 1. The van der Waals surface area contributed by atoms with Gasteiger partial charge >= 0.3 is 0 Å². The predicted octanol–water partition coefficient (Wildman–Crippen LogP) is 2.87. The standard InChI is InChI=1S/C17H24N2O/c18-15(13-6-2-1-3-7-13)12-17(20)19-11-10-14-8-4-5-9-16(14)19/h1-3,6-7,14-16H,4-5,8-12,18H2. The van der Waals surface area contributed by atoms with Gasteiger partial charge in [-0.1, -0.05) is 43.2 Å². The second kappa shape index (κ2) is 5.96. The number of amides is 1. The largest absolute Gasteiger partial charge is 0.339 e. The van der Waals surface area contributed by atoms with Crippen LogP contribution in [0.1, 0.15) is 50.1 Å². The molecule has 0 spiro atoms. The van der Waals surface area contributed by atoms with Gasteiger partial charge in [0.1, 0.15) is 0 Å². The highest BCUT2D eigenvalue weighted by Crippen LogP contribution is 2.36. The Balaban J connectivity index is 1.62. The van der Waals surface area contributed by atoms with Gasteiger partial charge in [-0.3, -0.25) is 4.79 Å². The Morgan fingerprint density at radius 1 is 1.20 bits per heavy atom. The van der Waals surface area contributed by atoms with Gasteiger partial charge in [-0.15, -0.1) is 0 Å². The van der Waals surface area contributed by atoms with Crippen LogP contribution in [0.5, 0.6) is 0 Å². The van der Waals surface area contributed by atoms with Gasteiger partial charge < -0.3 is 10.6 Å². The molecule has 3 heteroatoms. The topological polar surface area (TPSA) is 46.3 Å². The lowest BCUT2D eigenvalue weighted by molar-refractivity contribution is -0.133. The van der Waals surface area contributed by atoms with Gasteiger partial charge in [0, 0.05) is 25.0 Å². The second-order valence-electron chi connectivity index (χ2n) is 6.21. The van der Waals surface area contributed by atoms with Crippen LogP contribution < -0.4 is 5.73 Å². The predicted molar refractivity (Wildman–Crippen MR) is 80.1 cm³/mol. The van der Waals surface area contributed by atoms with Crippen LogP contribution in [0, 0.1) is 5.92 Å². The summed E-state index contributed by atoms with van der Waals surface area (Å²) in [6.07, 6.45) is 6.74. The molecule has 20 heavy (non-hydrogen) atoms. The van der Waals surface area contributed by atoms with Crippen LogP contribution >= 0.6 is 0 Å². The fourth-order valence-electron chi connectivity index (χ4n) is 3.84. The minimum absolute atomic E-state index is 0.175. The molecule has 1 saturated carbocycles. The molecule has 1 amide bonds. The van der Waals surface area contributed by atoms with Crippen molar-refractivity contribution in [1.29, 1.82) is 0 Å². The van der Waals surface area contributed by atoms with E-state index in [1.807, 2.05) is 30.3 Å². The number of hydrogen-bond acceptors (Lipinski definition) is 2. The first-order chi connectivity index (χ1) is 9.75. The highest BCUT2D eigenvalue weighted by atomic mass is 16.2. The van der Waals surface area contributed by atoms with Crippen molar-refractivity contribution >= 4 is 5.91 Å². The van der Waals surface area contributed by atoms with Crippen molar-refractivity contribution in [2.24, 2.45) is 11.7 Å². The van der Waals surface area contributed by atoms with E-state index in [4.69, 9.17) is 5.73 Å². The molecule has 1 aromatic rings. The maximum absolute atomic E-state index is 12.5. The molecule has 1 saturated heterocycles. The third-order valence-electron chi connectivity index (χ3n) is 4.95. The Morgan fingerprint density at radius 2 is 1.95 bits per heavy atom. The van der Waals surface area contributed by atoms with E-state index in [0.717, 1.165) is 18.0 Å². The zero-order valence-corrected chi connectivity index (χ0v) is 12.0. The number of benzene rings is 1. The molecule has 108 valence electrons. The SMILES string of the molecule is NC(CC(=O)N1CCC2CCCCC21)c1ccccc1. The van der Waals surface area contributed by atoms with Crippen molar-refractivity contribution in [3.05, 3.63) is 35.9 Å². The lowest BCUT2D eigenvalue weighted by atomic mass is 9.85. The zero-order chi connectivity index (χ0) is 13.9. The normalized spacial score (nSPS) is 27.1. The van der Waals surface area contributed by atoms with E-state index in [-0.39, 0.29) is 11.9 Å². The van der Waals surface area contributed by atoms with Gasteiger partial charge in [-0.2, -0.15) is 0 Å². The molecule has 3 rings (SSSR count). The van der Waals surface area contributed by atoms with Gasteiger partial charge in [0.05, 0.1) is 0 Å². The quantitative estimate of drug-likeness (QED) is 0.919. The maximum atomic E-state index is 12.5. The number of rotatable bonds is 3. The van der Waals surface area contributed by atoms with Crippen molar-refractivity contribution in [3.8, 4) is 0 Å². The maximum Gasteiger partial charge on any atom is 0.224 e. The lowest BCUT2D eigenvalue weighted by Crippen LogP contribution is -2.40. The fraction of sp³-hybridized carbons (Fsp3) is 0.588. The Morgan fingerprint density at radius 3 is 2.75 bits per heavy atom. The van der Waals surface area contributed by atoms with Crippen LogP contribution in [0.2, 0.25) is 0 Å². The summed E-state index contributed by atoms with van der Waals surface area (Å²) in [5, 5.41) is 0. The summed E-state index contributed by atoms with van der Waals surface area (Å²) in [4.78, 5) is 14.6. The summed E-state index contributed by atoms with van der Waals surface area (Å²) in [6, 6.07) is 10.3. The number of likely N-dealkylation sites (tertiary alicyclic amines) is 1. The zero-order valence-electron chi connectivity index (χ0n) is 12.0. The number of nitrogens with zero attached hydrogens (tertiary/aromatic N) is 1. The highest BCUT2D eigenvalue weighted by Gasteiger charge is 2.38. The molecule has 1 heterocycles. The molecule has 0 radical (unpaired) electrons. The van der Waals surface area contributed by atoms with E-state index in [1.54, 1.807) is 0 Å². The summed E-state index contributed by atoms with van der Waals surface area (Å²) in [6.45, 7) is 0.940. The first-order valence-electron chi connectivity index (χ1n) is 7.85. The average molecular weight is 272 g/mol. The average Bonchev–Trinajstić information content (AvgIpc) is 2.92. The van der Waals surface area contributed by atoms with Crippen LogP contribution in [-0.2, 0) is 4.79 Å². The van der Waals surface area contributed by atoms with E-state index in [9.17, 15) is 4.79 Å². The highest BCUT2D eigenvalue weighted by molar-refractivity contribution is 5.77. The van der Waals surface area contributed by atoms with Crippen LogP contribution in [-0.4, -0.2) is 23.4 Å². The molecule has 2 aliphatic rings. The summed E-state index contributed by atoms with van der Waals surface area (Å²) < 4.78 is 0. The molecule has 0 bridgehead atoms. The minimum Gasteiger partial charge on any atom is -0.339 e. The molecule has 1 aromatic carbocycles. The Bertz CT molecular complexity index is 459. The Kier molecular flexibility index (Phi) is 4.06. The second-order valence-corrected chi connectivity index (χ2v) is 6.21. The monoisotopic (exact) mass is 272 g/mol. The van der Waals surface area contributed by atoms with Crippen LogP contribution in [0.25, 0.3) is 0 Å². The molecule has 3 atom stereocenters. The van der Waals surface area contributed by atoms with Gasteiger partial charge in [-0.05, 0) is 30.7 Å². The van der Waals surface area contributed by atoms with E-state index < -0.39 is 0 Å². The van der Waals surface area contributed by atoms with Crippen molar-refractivity contribution in [2.75, 3.05) is 6.54 Å². The molecule has 2 fully saturated rings. The van der Waals surface area contributed by atoms with Crippen molar-refractivity contribution in [2.45, 2.75) is 50.6 Å². The van der Waals surface area contributed by atoms with Crippen LogP contribution in [0.15, 0.2) is 30.3 Å². The molecule has 3 nitrogen and oxygen atoms in total. The first-order valence-corrected chi connectivity index (χ1v) is 7.85. The van der Waals surface area contributed by atoms with E-state index >= 15 is 0 Å². The van der Waals surface area contributed by atoms with Crippen LogP contribution in [0.3, 0.4) is 0 Å². The Hall–Kier alpha value is -1.35. The lowest BCUT2D eigenvalue weighted by Gasteiger charge is -2.32.